The van der Waals surface area contributed by atoms with Gasteiger partial charge in [-0.2, -0.15) is 0 Å². The maximum atomic E-state index is 13.1. The number of sulfonamides is 1. The van der Waals surface area contributed by atoms with Crippen LogP contribution in [0.4, 0.5) is 5.69 Å². The van der Waals surface area contributed by atoms with Crippen molar-refractivity contribution in [1.82, 2.24) is 9.88 Å². The molecule has 0 unspecified atom stereocenters. The number of nitrogens with zero attached hydrogens (tertiary/aromatic N) is 2. The highest BCUT2D eigenvalue weighted by atomic mass is 32.2. The number of aromatic nitrogens is 1. The second-order valence-electron chi connectivity index (χ2n) is 8.97. The van der Waals surface area contributed by atoms with Crippen molar-refractivity contribution in [3.63, 3.8) is 0 Å². The van der Waals surface area contributed by atoms with Crippen LogP contribution in [0.2, 0.25) is 0 Å². The molecule has 1 aromatic heterocycles. The lowest BCUT2D eigenvalue weighted by atomic mass is 9.89. The van der Waals surface area contributed by atoms with Gasteiger partial charge in [0.15, 0.2) is 0 Å². The molecule has 0 bridgehead atoms. The Morgan fingerprint density at radius 1 is 0.906 bits per heavy atom. The van der Waals surface area contributed by atoms with Crippen LogP contribution in [0.3, 0.4) is 0 Å². The Balaban J connectivity index is 1.10. The summed E-state index contributed by atoms with van der Waals surface area (Å²) < 4.78 is 27.9. The van der Waals surface area contributed by atoms with Crippen molar-refractivity contribution in [1.29, 1.82) is 0 Å². The standard InChI is InChI=1S/C26H27N3O2S/c30-32(31)25-11-4-7-20-6-3-10-24(26(20)25)29(32)15-5-14-28-16-12-19(13-17-28)22-18-27-23-9-2-1-8-21(22)23/h1-4,6-11,18-19,27H,5,12-17H2. The van der Waals surface area contributed by atoms with Crippen LogP contribution < -0.4 is 4.31 Å². The Labute approximate surface area is 188 Å². The summed E-state index contributed by atoms with van der Waals surface area (Å²) in [7, 11) is -3.45. The fourth-order valence-corrected chi connectivity index (χ4v) is 7.29. The predicted molar refractivity (Wildman–Crippen MR) is 130 cm³/mol. The molecule has 1 fully saturated rings. The van der Waals surface area contributed by atoms with Gasteiger partial charge >= 0.3 is 0 Å². The molecular formula is C26H27N3O2S. The molecule has 164 valence electrons. The maximum Gasteiger partial charge on any atom is 0.265 e. The summed E-state index contributed by atoms with van der Waals surface area (Å²) in [6, 6.07) is 20.0. The largest absolute Gasteiger partial charge is 0.361 e. The van der Waals surface area contributed by atoms with E-state index >= 15 is 0 Å². The number of nitrogens with one attached hydrogen (secondary N) is 1. The van der Waals surface area contributed by atoms with E-state index in [1.807, 2.05) is 30.3 Å². The fraction of sp³-hybridized carbons (Fsp3) is 0.308. The minimum Gasteiger partial charge on any atom is -0.361 e. The zero-order valence-corrected chi connectivity index (χ0v) is 18.8. The van der Waals surface area contributed by atoms with Crippen molar-refractivity contribution in [2.24, 2.45) is 0 Å². The van der Waals surface area contributed by atoms with E-state index in [0.29, 0.717) is 17.4 Å². The molecule has 2 aliphatic heterocycles. The van der Waals surface area contributed by atoms with Crippen LogP contribution in [0, 0.1) is 0 Å². The van der Waals surface area contributed by atoms with Crippen molar-refractivity contribution in [2.75, 3.05) is 30.5 Å². The van der Waals surface area contributed by atoms with Gasteiger partial charge < -0.3 is 9.88 Å². The molecule has 2 aliphatic rings. The van der Waals surface area contributed by atoms with E-state index < -0.39 is 10.0 Å². The number of anilines is 1. The van der Waals surface area contributed by atoms with Gasteiger partial charge in [-0.15, -0.1) is 0 Å². The number of hydrogen-bond acceptors (Lipinski definition) is 3. The first-order chi connectivity index (χ1) is 15.6. The lowest BCUT2D eigenvalue weighted by molar-refractivity contribution is 0.212. The van der Waals surface area contributed by atoms with Crippen LogP contribution in [0.15, 0.2) is 71.8 Å². The van der Waals surface area contributed by atoms with E-state index in [1.165, 1.54) is 16.5 Å². The number of aromatic amines is 1. The Kier molecular flexibility index (Phi) is 4.73. The highest BCUT2D eigenvalue weighted by Crippen LogP contribution is 2.42. The third-order valence-corrected chi connectivity index (χ3v) is 9.02. The molecule has 3 aromatic carbocycles. The summed E-state index contributed by atoms with van der Waals surface area (Å²) in [5.41, 5.74) is 3.48. The number of H-pyrrole nitrogens is 1. The van der Waals surface area contributed by atoms with Crippen molar-refractivity contribution < 1.29 is 8.42 Å². The first-order valence-electron chi connectivity index (χ1n) is 11.5. The number of benzene rings is 3. The number of likely N-dealkylation sites (tertiary alicyclic amines) is 1. The topological polar surface area (TPSA) is 56.4 Å². The van der Waals surface area contributed by atoms with Crippen molar-refractivity contribution in [3.05, 3.63) is 72.4 Å². The van der Waals surface area contributed by atoms with Gasteiger partial charge in [-0.1, -0.05) is 42.5 Å². The summed E-state index contributed by atoms with van der Waals surface area (Å²) in [4.78, 5) is 6.35. The highest BCUT2D eigenvalue weighted by molar-refractivity contribution is 7.93. The van der Waals surface area contributed by atoms with Gasteiger partial charge in [-0.05, 0) is 74.0 Å². The van der Waals surface area contributed by atoms with E-state index in [-0.39, 0.29) is 0 Å². The number of rotatable bonds is 5. The average molecular weight is 446 g/mol. The maximum absolute atomic E-state index is 13.1. The molecular weight excluding hydrogens is 418 g/mol. The lowest BCUT2D eigenvalue weighted by Gasteiger charge is -2.32. The van der Waals surface area contributed by atoms with Crippen LogP contribution in [-0.4, -0.2) is 44.5 Å². The Morgan fingerprint density at radius 2 is 1.69 bits per heavy atom. The third-order valence-electron chi connectivity index (χ3n) is 7.17. The van der Waals surface area contributed by atoms with E-state index in [0.717, 1.165) is 55.4 Å². The summed E-state index contributed by atoms with van der Waals surface area (Å²) in [6.07, 6.45) is 5.31. The monoisotopic (exact) mass is 445 g/mol. The lowest BCUT2D eigenvalue weighted by Crippen LogP contribution is -2.36. The molecule has 0 atom stereocenters. The zero-order chi connectivity index (χ0) is 21.7. The average Bonchev–Trinajstić information content (AvgIpc) is 3.34. The second-order valence-corrected chi connectivity index (χ2v) is 10.8. The number of para-hydroxylation sites is 1. The van der Waals surface area contributed by atoms with Gasteiger partial charge in [0.1, 0.15) is 0 Å². The zero-order valence-electron chi connectivity index (χ0n) is 18.0. The van der Waals surface area contributed by atoms with E-state index in [9.17, 15) is 8.42 Å². The quantitative estimate of drug-likeness (QED) is 0.465. The summed E-state index contributed by atoms with van der Waals surface area (Å²) in [5.74, 6) is 0.591. The van der Waals surface area contributed by atoms with E-state index in [1.54, 1.807) is 10.4 Å². The SMILES string of the molecule is O=S1(=O)c2cccc3cccc(c23)N1CCCN1CCC(c2c[nH]c3ccccc23)CC1. The van der Waals surface area contributed by atoms with Crippen LogP contribution in [-0.2, 0) is 10.0 Å². The van der Waals surface area contributed by atoms with Gasteiger partial charge in [0.2, 0.25) is 0 Å². The van der Waals surface area contributed by atoms with Gasteiger partial charge in [0, 0.05) is 29.0 Å². The minimum absolute atomic E-state index is 0.449. The summed E-state index contributed by atoms with van der Waals surface area (Å²) >= 11 is 0. The Bertz CT molecular complexity index is 1400. The normalized spacial score (nSPS) is 18.7. The minimum atomic E-state index is -3.45. The Morgan fingerprint density at radius 3 is 2.53 bits per heavy atom. The van der Waals surface area contributed by atoms with Crippen LogP contribution in [0.1, 0.15) is 30.7 Å². The van der Waals surface area contributed by atoms with Gasteiger partial charge in [-0.25, -0.2) is 8.42 Å². The molecule has 1 N–H and O–H groups in total. The first kappa shape index (κ1) is 19.8. The highest BCUT2D eigenvalue weighted by Gasteiger charge is 2.35. The first-order valence-corrected chi connectivity index (χ1v) is 12.9. The van der Waals surface area contributed by atoms with Crippen molar-refractivity contribution in [3.8, 4) is 0 Å². The molecule has 0 radical (unpaired) electrons. The third kappa shape index (κ3) is 3.12. The van der Waals surface area contributed by atoms with Crippen LogP contribution in [0.25, 0.3) is 21.7 Å². The molecule has 3 heterocycles. The number of hydrogen-bond donors (Lipinski definition) is 1. The molecule has 5 nitrogen and oxygen atoms in total. The van der Waals surface area contributed by atoms with Gasteiger partial charge in [0.25, 0.3) is 10.0 Å². The number of piperidine rings is 1. The van der Waals surface area contributed by atoms with Crippen LogP contribution >= 0.6 is 0 Å². The second kappa shape index (κ2) is 7.64. The Hall–Kier alpha value is -2.83. The van der Waals surface area contributed by atoms with Gasteiger partial charge in [0.05, 0.1) is 10.6 Å². The summed E-state index contributed by atoms with van der Waals surface area (Å²) in [5, 5.41) is 3.21. The van der Waals surface area contributed by atoms with Gasteiger partial charge in [-0.3, -0.25) is 4.31 Å². The molecule has 6 rings (SSSR count). The molecule has 0 amide bonds. The van der Waals surface area contributed by atoms with Crippen molar-refractivity contribution in [2.45, 2.75) is 30.1 Å². The van der Waals surface area contributed by atoms with Crippen molar-refractivity contribution >= 4 is 37.4 Å². The van der Waals surface area contributed by atoms with E-state index in [4.69, 9.17) is 0 Å². The molecule has 6 heteroatoms. The molecule has 32 heavy (non-hydrogen) atoms. The number of fused-ring (bicyclic) bond motifs is 1. The van der Waals surface area contributed by atoms with E-state index in [2.05, 4.69) is 40.3 Å². The fourth-order valence-electron chi connectivity index (χ4n) is 5.54. The molecule has 4 aromatic rings. The molecule has 0 aliphatic carbocycles. The van der Waals surface area contributed by atoms with Crippen LogP contribution in [0.5, 0.6) is 0 Å². The molecule has 1 saturated heterocycles. The molecule has 0 spiro atoms. The smallest absolute Gasteiger partial charge is 0.265 e. The molecule has 0 saturated carbocycles. The predicted octanol–water partition coefficient (Wildman–Crippen LogP) is 5.10. The summed E-state index contributed by atoms with van der Waals surface area (Å²) in [6.45, 7) is 3.58.